The summed E-state index contributed by atoms with van der Waals surface area (Å²) in [6, 6.07) is 5.34. The van der Waals surface area contributed by atoms with Crippen molar-refractivity contribution < 1.29 is 13.9 Å². The number of halogens is 1. The van der Waals surface area contributed by atoms with Gasteiger partial charge in [-0.15, -0.1) is 0 Å². The Morgan fingerprint density at radius 3 is 2.95 bits per heavy atom. The molecule has 0 aliphatic heterocycles. The van der Waals surface area contributed by atoms with Crippen molar-refractivity contribution >= 4 is 5.91 Å². The van der Waals surface area contributed by atoms with E-state index in [1.54, 1.807) is 6.07 Å². The zero-order valence-electron chi connectivity index (χ0n) is 11.0. The van der Waals surface area contributed by atoms with Crippen molar-refractivity contribution in [1.82, 2.24) is 10.6 Å². The predicted molar refractivity (Wildman–Crippen MR) is 70.4 cm³/mol. The van der Waals surface area contributed by atoms with Gasteiger partial charge >= 0.3 is 0 Å². The monoisotopic (exact) mass is 266 g/mol. The van der Waals surface area contributed by atoms with E-state index in [-0.39, 0.29) is 18.3 Å². The number of ether oxygens (including phenoxy) is 1. The number of carbonyl (C=O) groups is 1. The summed E-state index contributed by atoms with van der Waals surface area (Å²) >= 11 is 0. The van der Waals surface area contributed by atoms with Crippen LogP contribution in [0.2, 0.25) is 0 Å². The largest absolute Gasteiger partial charge is 0.480 e. The molecule has 1 amide bonds. The Kier molecular flexibility index (Phi) is 4.74. The van der Waals surface area contributed by atoms with Crippen LogP contribution in [0.4, 0.5) is 4.39 Å². The molecule has 19 heavy (non-hydrogen) atoms. The number of carbonyl (C=O) groups excluding carboxylic acids is 1. The van der Waals surface area contributed by atoms with E-state index in [0.29, 0.717) is 19.1 Å². The molecule has 1 saturated carbocycles. The van der Waals surface area contributed by atoms with Crippen molar-refractivity contribution in [3.63, 3.8) is 0 Å². The van der Waals surface area contributed by atoms with E-state index in [1.165, 1.54) is 18.9 Å². The van der Waals surface area contributed by atoms with Crippen LogP contribution >= 0.6 is 0 Å². The molecule has 5 heteroatoms. The summed E-state index contributed by atoms with van der Waals surface area (Å²) in [5.74, 6) is -0.506. The van der Waals surface area contributed by atoms with Gasteiger partial charge in [0.05, 0.1) is 0 Å². The Labute approximate surface area is 112 Å². The minimum absolute atomic E-state index is 0.162. The summed E-state index contributed by atoms with van der Waals surface area (Å²) in [6.45, 7) is 2.76. The molecule has 1 aliphatic rings. The van der Waals surface area contributed by atoms with Crippen molar-refractivity contribution in [2.45, 2.75) is 32.4 Å². The molecule has 0 spiro atoms. The number of para-hydroxylation sites is 1. The lowest BCUT2D eigenvalue weighted by atomic mass is 10.2. The van der Waals surface area contributed by atoms with E-state index in [9.17, 15) is 9.18 Å². The third-order valence-electron chi connectivity index (χ3n) is 2.93. The quantitative estimate of drug-likeness (QED) is 0.788. The minimum Gasteiger partial charge on any atom is -0.480 e. The van der Waals surface area contributed by atoms with Gasteiger partial charge in [-0.3, -0.25) is 4.79 Å². The number of nitrogens with one attached hydrogen (secondary N) is 2. The molecule has 0 aromatic heterocycles. The number of likely N-dealkylation sites (N-methyl/N-ethyl adjacent to an activating group) is 1. The molecule has 0 saturated heterocycles. The molecule has 1 aromatic rings. The highest BCUT2D eigenvalue weighted by Crippen LogP contribution is 2.25. The topological polar surface area (TPSA) is 50.4 Å². The van der Waals surface area contributed by atoms with Crippen LogP contribution in [-0.2, 0) is 11.3 Å². The van der Waals surface area contributed by atoms with Crippen molar-refractivity contribution in [1.29, 1.82) is 0 Å². The van der Waals surface area contributed by atoms with Gasteiger partial charge in [-0.05, 0) is 25.8 Å². The Balaban J connectivity index is 1.97. The SMILES string of the molecule is CCNC(=O)COc1c(F)cccc1CNC1CC1. The summed E-state index contributed by atoms with van der Waals surface area (Å²) in [7, 11) is 0. The third-order valence-corrected chi connectivity index (χ3v) is 2.93. The van der Waals surface area contributed by atoms with Crippen molar-refractivity contribution in [3.05, 3.63) is 29.6 Å². The Hall–Kier alpha value is -1.62. The number of hydrogen-bond donors (Lipinski definition) is 2. The molecule has 1 aromatic carbocycles. The van der Waals surface area contributed by atoms with Gasteiger partial charge in [-0.25, -0.2) is 4.39 Å². The van der Waals surface area contributed by atoms with Gasteiger partial charge in [0.25, 0.3) is 5.91 Å². The number of benzene rings is 1. The van der Waals surface area contributed by atoms with Crippen LogP contribution in [0.5, 0.6) is 5.75 Å². The number of rotatable bonds is 7. The summed E-state index contributed by atoms with van der Waals surface area (Å²) in [5, 5.41) is 5.92. The first-order chi connectivity index (χ1) is 9.20. The van der Waals surface area contributed by atoms with E-state index in [0.717, 1.165) is 5.56 Å². The van der Waals surface area contributed by atoms with Gasteiger partial charge in [0.1, 0.15) is 0 Å². The molecule has 4 nitrogen and oxygen atoms in total. The highest BCUT2D eigenvalue weighted by Gasteiger charge is 2.21. The highest BCUT2D eigenvalue weighted by molar-refractivity contribution is 5.77. The normalized spacial score (nSPS) is 14.2. The lowest BCUT2D eigenvalue weighted by Gasteiger charge is -2.12. The third kappa shape index (κ3) is 4.21. The summed E-state index contributed by atoms with van der Waals surface area (Å²) in [5.41, 5.74) is 0.746. The maximum atomic E-state index is 13.7. The van der Waals surface area contributed by atoms with E-state index in [2.05, 4.69) is 10.6 Å². The highest BCUT2D eigenvalue weighted by atomic mass is 19.1. The first-order valence-corrected chi connectivity index (χ1v) is 6.61. The molecule has 0 atom stereocenters. The Bertz CT molecular complexity index is 447. The van der Waals surface area contributed by atoms with Gasteiger partial charge in [-0.1, -0.05) is 12.1 Å². The molecule has 0 bridgehead atoms. The zero-order chi connectivity index (χ0) is 13.7. The summed E-state index contributed by atoms with van der Waals surface area (Å²) < 4.78 is 19.0. The van der Waals surface area contributed by atoms with Crippen LogP contribution in [0.3, 0.4) is 0 Å². The molecule has 2 N–H and O–H groups in total. The molecule has 0 unspecified atom stereocenters. The van der Waals surface area contributed by atoms with Crippen LogP contribution in [0.15, 0.2) is 18.2 Å². The fourth-order valence-electron chi connectivity index (χ4n) is 1.78. The van der Waals surface area contributed by atoms with E-state index >= 15 is 0 Å². The lowest BCUT2D eigenvalue weighted by Crippen LogP contribution is -2.29. The second-order valence-electron chi connectivity index (χ2n) is 4.63. The summed E-state index contributed by atoms with van der Waals surface area (Å²) in [6.07, 6.45) is 2.34. The van der Waals surface area contributed by atoms with Gasteiger partial charge in [0.2, 0.25) is 0 Å². The molecule has 0 heterocycles. The summed E-state index contributed by atoms with van der Waals surface area (Å²) in [4.78, 5) is 11.3. The van der Waals surface area contributed by atoms with Crippen molar-refractivity contribution in [2.24, 2.45) is 0 Å². The molecule has 104 valence electrons. The van der Waals surface area contributed by atoms with Gasteiger partial charge in [0.15, 0.2) is 18.2 Å². The molecule has 2 rings (SSSR count). The standard InChI is InChI=1S/C14H19FN2O2/c1-2-16-13(18)9-19-14-10(4-3-5-12(14)15)8-17-11-6-7-11/h3-5,11,17H,2,6-9H2,1H3,(H,16,18). The van der Waals surface area contributed by atoms with Gasteiger partial charge < -0.3 is 15.4 Å². The number of amides is 1. The van der Waals surface area contributed by atoms with Gasteiger partial charge in [-0.2, -0.15) is 0 Å². The fourth-order valence-corrected chi connectivity index (χ4v) is 1.78. The van der Waals surface area contributed by atoms with Crippen LogP contribution < -0.4 is 15.4 Å². The smallest absolute Gasteiger partial charge is 0.257 e. The lowest BCUT2D eigenvalue weighted by molar-refractivity contribution is -0.123. The second-order valence-corrected chi connectivity index (χ2v) is 4.63. The molecular formula is C14H19FN2O2. The zero-order valence-corrected chi connectivity index (χ0v) is 11.0. The minimum atomic E-state index is -0.431. The molecule has 1 aliphatic carbocycles. The molecular weight excluding hydrogens is 247 g/mol. The fraction of sp³-hybridized carbons (Fsp3) is 0.500. The van der Waals surface area contributed by atoms with Crippen LogP contribution in [0, 0.1) is 5.82 Å². The predicted octanol–water partition coefficient (Wildman–Crippen LogP) is 1.59. The Morgan fingerprint density at radius 1 is 1.47 bits per heavy atom. The van der Waals surface area contributed by atoms with E-state index < -0.39 is 5.82 Å². The van der Waals surface area contributed by atoms with Gasteiger partial charge in [0, 0.05) is 24.7 Å². The van der Waals surface area contributed by atoms with Crippen molar-refractivity contribution in [2.75, 3.05) is 13.2 Å². The molecule has 1 fully saturated rings. The van der Waals surface area contributed by atoms with Crippen LogP contribution in [0.25, 0.3) is 0 Å². The van der Waals surface area contributed by atoms with E-state index in [1.807, 2.05) is 13.0 Å². The van der Waals surface area contributed by atoms with Crippen molar-refractivity contribution in [3.8, 4) is 5.75 Å². The molecule has 0 radical (unpaired) electrons. The average molecular weight is 266 g/mol. The Morgan fingerprint density at radius 2 is 2.26 bits per heavy atom. The average Bonchev–Trinajstić information content (AvgIpc) is 3.19. The van der Waals surface area contributed by atoms with E-state index in [4.69, 9.17) is 4.74 Å². The maximum absolute atomic E-state index is 13.7. The first kappa shape index (κ1) is 13.8. The maximum Gasteiger partial charge on any atom is 0.257 e. The van der Waals surface area contributed by atoms with Crippen LogP contribution in [-0.4, -0.2) is 25.1 Å². The number of hydrogen-bond acceptors (Lipinski definition) is 3. The first-order valence-electron chi connectivity index (χ1n) is 6.61. The van der Waals surface area contributed by atoms with Crippen LogP contribution in [0.1, 0.15) is 25.3 Å². The second kappa shape index (κ2) is 6.52.